The third kappa shape index (κ3) is 4.97. The molecule has 32 heavy (non-hydrogen) atoms. The third-order valence-electron chi connectivity index (χ3n) is 4.88. The molecule has 12 heteroatoms. The number of aryl methyl sites for hydroxylation is 1. The molecule has 3 heterocycles. The number of rotatable bonds is 5. The molecule has 0 aromatic carbocycles. The summed E-state index contributed by atoms with van der Waals surface area (Å²) in [6.45, 7) is 3.22. The van der Waals surface area contributed by atoms with Gasteiger partial charge in [-0.1, -0.05) is 0 Å². The number of morpholine rings is 1. The van der Waals surface area contributed by atoms with Crippen molar-refractivity contribution in [2.24, 2.45) is 14.1 Å². The summed E-state index contributed by atoms with van der Waals surface area (Å²) in [5, 5.41) is 0. The highest BCUT2D eigenvalue weighted by molar-refractivity contribution is 7.07. The van der Waals surface area contributed by atoms with Crippen LogP contribution in [0, 0.1) is 0 Å². The lowest BCUT2D eigenvalue weighted by Gasteiger charge is -2.26. The SMILES string of the molecule is CCOC(=O)/C=c1\s/c(=C/c2cn(C)c(=O)n(C)c2=O)c(=O)n1CC(=O)N1CCOCC1. The molecule has 0 saturated carbocycles. The summed E-state index contributed by atoms with van der Waals surface area (Å²) in [4.78, 5) is 63.8. The van der Waals surface area contributed by atoms with E-state index in [0.29, 0.717) is 26.3 Å². The van der Waals surface area contributed by atoms with Crippen molar-refractivity contribution in [1.82, 2.24) is 18.6 Å². The van der Waals surface area contributed by atoms with Crippen LogP contribution in [0.2, 0.25) is 0 Å². The van der Waals surface area contributed by atoms with Gasteiger partial charge in [-0.3, -0.25) is 23.5 Å². The largest absolute Gasteiger partial charge is 0.463 e. The van der Waals surface area contributed by atoms with Crippen molar-refractivity contribution in [3.05, 3.63) is 52.1 Å². The lowest BCUT2D eigenvalue weighted by Crippen LogP contribution is -2.45. The molecular formula is C20H24N4O7S. The molecule has 3 rings (SSSR count). The van der Waals surface area contributed by atoms with Crippen LogP contribution in [0.4, 0.5) is 0 Å². The lowest BCUT2D eigenvalue weighted by atomic mass is 10.3. The van der Waals surface area contributed by atoms with Crippen LogP contribution in [0.25, 0.3) is 12.2 Å². The Morgan fingerprint density at radius 1 is 1.16 bits per heavy atom. The molecule has 0 bridgehead atoms. The summed E-state index contributed by atoms with van der Waals surface area (Å²) < 4.78 is 13.9. The minimum atomic E-state index is -0.647. The fraction of sp³-hybridized carbons (Fsp3) is 0.450. The molecule has 0 aliphatic carbocycles. The summed E-state index contributed by atoms with van der Waals surface area (Å²) >= 11 is 0.956. The molecular weight excluding hydrogens is 440 g/mol. The molecule has 1 amide bonds. The van der Waals surface area contributed by atoms with Gasteiger partial charge in [0.05, 0.1) is 36.0 Å². The Morgan fingerprint density at radius 3 is 2.50 bits per heavy atom. The van der Waals surface area contributed by atoms with Crippen LogP contribution in [0.5, 0.6) is 0 Å². The van der Waals surface area contributed by atoms with Gasteiger partial charge in [0, 0.05) is 33.4 Å². The molecule has 0 radical (unpaired) electrons. The molecule has 11 nitrogen and oxygen atoms in total. The molecule has 0 unspecified atom stereocenters. The van der Waals surface area contributed by atoms with E-state index in [9.17, 15) is 24.0 Å². The quantitative estimate of drug-likeness (QED) is 0.443. The number of hydrogen-bond acceptors (Lipinski definition) is 8. The van der Waals surface area contributed by atoms with Crippen LogP contribution in [-0.2, 0) is 39.7 Å². The highest BCUT2D eigenvalue weighted by Crippen LogP contribution is 1.98. The highest BCUT2D eigenvalue weighted by Gasteiger charge is 2.19. The Kier molecular flexibility index (Phi) is 7.26. The molecule has 2 aromatic heterocycles. The second-order valence-corrected chi connectivity index (χ2v) is 8.13. The molecule has 1 aliphatic rings. The number of esters is 1. The van der Waals surface area contributed by atoms with Crippen molar-refractivity contribution in [3.8, 4) is 0 Å². The second-order valence-electron chi connectivity index (χ2n) is 7.07. The van der Waals surface area contributed by atoms with Gasteiger partial charge in [-0.15, -0.1) is 11.3 Å². The number of aromatic nitrogens is 3. The van der Waals surface area contributed by atoms with E-state index < -0.39 is 22.8 Å². The average molecular weight is 465 g/mol. The Bertz CT molecular complexity index is 1330. The van der Waals surface area contributed by atoms with Gasteiger partial charge in [0.25, 0.3) is 11.1 Å². The summed E-state index contributed by atoms with van der Waals surface area (Å²) in [7, 11) is 2.84. The third-order valence-corrected chi connectivity index (χ3v) is 5.94. The summed E-state index contributed by atoms with van der Waals surface area (Å²) in [6.07, 6.45) is 3.84. The Balaban J connectivity index is 2.13. The predicted molar refractivity (Wildman–Crippen MR) is 117 cm³/mol. The van der Waals surface area contributed by atoms with Crippen molar-refractivity contribution in [2.45, 2.75) is 13.5 Å². The van der Waals surface area contributed by atoms with Crippen LogP contribution in [0.1, 0.15) is 12.5 Å². The number of amides is 1. The molecule has 0 N–H and O–H groups in total. The number of ether oxygens (including phenoxy) is 2. The summed E-state index contributed by atoms with van der Waals surface area (Å²) in [6, 6.07) is 0. The first kappa shape index (κ1) is 23.4. The Labute approximate surface area is 186 Å². The monoisotopic (exact) mass is 464 g/mol. The van der Waals surface area contributed by atoms with E-state index in [4.69, 9.17) is 9.47 Å². The van der Waals surface area contributed by atoms with Gasteiger partial charge >= 0.3 is 11.7 Å². The van der Waals surface area contributed by atoms with Crippen LogP contribution in [-0.4, -0.2) is 63.4 Å². The highest BCUT2D eigenvalue weighted by atomic mass is 32.1. The zero-order valence-electron chi connectivity index (χ0n) is 18.0. The van der Waals surface area contributed by atoms with Crippen molar-refractivity contribution in [2.75, 3.05) is 32.9 Å². The van der Waals surface area contributed by atoms with E-state index in [2.05, 4.69) is 0 Å². The average Bonchev–Trinajstić information content (AvgIpc) is 3.05. The number of thiazole rings is 1. The number of nitrogens with zero attached hydrogens (tertiary/aromatic N) is 4. The maximum Gasteiger partial charge on any atom is 0.333 e. The zero-order valence-corrected chi connectivity index (χ0v) is 18.8. The van der Waals surface area contributed by atoms with Crippen LogP contribution >= 0.6 is 11.3 Å². The second kappa shape index (κ2) is 9.92. The molecule has 2 aromatic rings. The first-order valence-corrected chi connectivity index (χ1v) is 10.8. The van der Waals surface area contributed by atoms with Crippen molar-refractivity contribution < 1.29 is 19.1 Å². The first-order chi connectivity index (χ1) is 15.2. The lowest BCUT2D eigenvalue weighted by molar-refractivity contribution is -0.136. The van der Waals surface area contributed by atoms with Crippen molar-refractivity contribution in [1.29, 1.82) is 0 Å². The van der Waals surface area contributed by atoms with Crippen molar-refractivity contribution in [3.63, 3.8) is 0 Å². The minimum Gasteiger partial charge on any atom is -0.463 e. The summed E-state index contributed by atoms with van der Waals surface area (Å²) in [5.41, 5.74) is -1.46. The zero-order chi connectivity index (χ0) is 23.4. The topological polar surface area (TPSA) is 122 Å². The Hall–Kier alpha value is -3.25. The van der Waals surface area contributed by atoms with Gasteiger partial charge in [0.2, 0.25) is 5.91 Å². The number of carbonyl (C=O) groups is 2. The van der Waals surface area contributed by atoms with E-state index in [0.717, 1.165) is 22.0 Å². The fourth-order valence-corrected chi connectivity index (χ4v) is 4.22. The molecule has 1 saturated heterocycles. The van der Waals surface area contributed by atoms with E-state index in [-0.39, 0.29) is 33.8 Å². The normalized spacial score (nSPS) is 15.3. The van der Waals surface area contributed by atoms with Gasteiger partial charge in [0.1, 0.15) is 11.2 Å². The van der Waals surface area contributed by atoms with Crippen LogP contribution in [0.15, 0.2) is 20.6 Å². The smallest absolute Gasteiger partial charge is 0.333 e. The van der Waals surface area contributed by atoms with E-state index in [1.807, 2.05) is 0 Å². The molecule has 1 aliphatic heterocycles. The molecule has 0 atom stereocenters. The van der Waals surface area contributed by atoms with E-state index in [1.54, 1.807) is 11.8 Å². The molecule has 172 valence electrons. The van der Waals surface area contributed by atoms with Gasteiger partial charge in [-0.05, 0) is 13.0 Å². The van der Waals surface area contributed by atoms with E-state index in [1.165, 1.54) is 35.5 Å². The van der Waals surface area contributed by atoms with Gasteiger partial charge in [0.15, 0.2) is 0 Å². The maximum absolute atomic E-state index is 13.1. The van der Waals surface area contributed by atoms with Gasteiger partial charge in [-0.25, -0.2) is 9.59 Å². The van der Waals surface area contributed by atoms with Gasteiger partial charge in [-0.2, -0.15) is 0 Å². The number of hydrogen-bond donors (Lipinski definition) is 0. The summed E-state index contributed by atoms with van der Waals surface area (Å²) in [5.74, 6) is -0.929. The standard InChI is InChI=1S/C20H24N4O7S/c1-4-31-17(26)10-16-24(12-15(25)23-5-7-30-8-6-23)19(28)14(32-16)9-13-11-21(2)20(29)22(3)18(13)27/h9-11H,4-8,12H2,1-3H3/b14-9+,16-10-. The molecule has 0 spiro atoms. The number of carbonyl (C=O) groups excluding carboxylic acids is 2. The van der Waals surface area contributed by atoms with E-state index >= 15 is 0 Å². The predicted octanol–water partition coefficient (Wildman–Crippen LogP) is -2.66. The van der Waals surface area contributed by atoms with Crippen LogP contribution in [0.3, 0.4) is 0 Å². The van der Waals surface area contributed by atoms with Crippen LogP contribution < -0.4 is 26.0 Å². The fourth-order valence-electron chi connectivity index (χ4n) is 3.20. The van der Waals surface area contributed by atoms with Crippen molar-refractivity contribution >= 4 is 35.4 Å². The minimum absolute atomic E-state index is 0.127. The maximum atomic E-state index is 13.1. The molecule has 1 fully saturated rings. The Morgan fingerprint density at radius 2 is 1.84 bits per heavy atom. The first-order valence-electron chi connectivity index (χ1n) is 9.95. The van der Waals surface area contributed by atoms with Gasteiger partial charge < -0.3 is 18.9 Å².